The fourth-order valence-electron chi connectivity index (χ4n) is 2.23. The highest BCUT2D eigenvalue weighted by atomic mass is 16.6. The van der Waals surface area contributed by atoms with E-state index in [-0.39, 0.29) is 11.7 Å². The lowest BCUT2D eigenvalue weighted by Crippen LogP contribution is -1.96. The number of benzene rings is 1. The van der Waals surface area contributed by atoms with Crippen LogP contribution in [0.15, 0.2) is 35.1 Å². The minimum atomic E-state index is -0.582. The van der Waals surface area contributed by atoms with Crippen LogP contribution in [0.4, 0.5) is 5.82 Å². The van der Waals surface area contributed by atoms with Gasteiger partial charge in [0.2, 0.25) is 18.0 Å². The summed E-state index contributed by atoms with van der Waals surface area (Å²) in [7, 11) is 1.63. The minimum Gasteiger partial charge on any atom is -0.434 e. The quantitative estimate of drug-likeness (QED) is 0.477. The van der Waals surface area contributed by atoms with E-state index in [4.69, 9.17) is 9.26 Å². The van der Waals surface area contributed by atoms with Crippen molar-refractivity contribution in [1.29, 1.82) is 0 Å². The lowest BCUT2D eigenvalue weighted by molar-refractivity contribution is -0.390. The molecule has 0 atom stereocenters. The number of rotatable bonds is 7. The van der Waals surface area contributed by atoms with Crippen LogP contribution in [0, 0.1) is 10.1 Å². The molecule has 9 heteroatoms. The van der Waals surface area contributed by atoms with Gasteiger partial charge < -0.3 is 19.4 Å². The van der Waals surface area contributed by atoms with Crippen molar-refractivity contribution in [1.82, 2.24) is 19.7 Å². The van der Waals surface area contributed by atoms with Crippen LogP contribution in [0.3, 0.4) is 0 Å². The van der Waals surface area contributed by atoms with Gasteiger partial charge in [-0.3, -0.25) is 4.57 Å². The van der Waals surface area contributed by atoms with Crippen LogP contribution in [0.1, 0.15) is 25.7 Å². The Kier molecular flexibility index (Phi) is 4.73. The molecule has 0 N–H and O–H groups in total. The molecule has 2 aromatic heterocycles. The maximum Gasteiger partial charge on any atom is 0.427 e. The van der Waals surface area contributed by atoms with Gasteiger partial charge >= 0.3 is 11.7 Å². The van der Waals surface area contributed by atoms with Crippen LogP contribution in [0.5, 0.6) is 11.6 Å². The highest BCUT2D eigenvalue weighted by molar-refractivity contribution is 5.56. The Balaban J connectivity index is 1.76. The second kappa shape index (κ2) is 7.12. The van der Waals surface area contributed by atoms with Gasteiger partial charge in [0, 0.05) is 19.0 Å². The average molecular weight is 343 g/mol. The first-order valence-corrected chi connectivity index (χ1v) is 7.85. The zero-order chi connectivity index (χ0) is 17.8. The van der Waals surface area contributed by atoms with Gasteiger partial charge in [-0.15, -0.1) is 0 Å². The van der Waals surface area contributed by atoms with Crippen molar-refractivity contribution in [3.8, 4) is 23.0 Å². The van der Waals surface area contributed by atoms with Crippen molar-refractivity contribution in [3.63, 3.8) is 0 Å². The third kappa shape index (κ3) is 3.65. The lowest BCUT2D eigenvalue weighted by atomic mass is 10.2. The normalized spacial score (nSPS) is 10.8. The van der Waals surface area contributed by atoms with Gasteiger partial charge in [0.1, 0.15) is 5.75 Å². The second-order valence-electron chi connectivity index (χ2n) is 5.48. The van der Waals surface area contributed by atoms with E-state index in [1.807, 2.05) is 0 Å². The molecule has 0 fully saturated rings. The number of nitrogens with zero attached hydrogens (tertiary/aromatic N) is 5. The molecule has 0 radical (unpaired) electrons. The largest absolute Gasteiger partial charge is 0.434 e. The summed E-state index contributed by atoms with van der Waals surface area (Å²) in [6.45, 7) is 2.10. The number of unbranched alkanes of at least 4 members (excludes halogenated alkanes) is 1. The van der Waals surface area contributed by atoms with Crippen molar-refractivity contribution >= 4 is 5.82 Å². The number of aromatic nitrogens is 4. The number of hydrogen-bond donors (Lipinski definition) is 0. The first-order valence-electron chi connectivity index (χ1n) is 7.85. The van der Waals surface area contributed by atoms with Gasteiger partial charge in [0.15, 0.2) is 0 Å². The molecule has 0 spiro atoms. The standard InChI is InChI=1S/C16H17N5O4/c1-3-4-5-13-18-14(19-25-13)11-6-8-12(9-7-11)24-16-15(21(22)23)17-10-20(16)2/h6-10H,3-5H2,1-2H3. The molecule has 0 aliphatic rings. The molecule has 1 aromatic carbocycles. The third-order valence-electron chi connectivity index (χ3n) is 3.58. The fraction of sp³-hybridized carbons (Fsp3) is 0.312. The molecular formula is C16H17N5O4. The molecule has 0 aliphatic heterocycles. The van der Waals surface area contributed by atoms with Crippen molar-refractivity contribution in [3.05, 3.63) is 46.6 Å². The summed E-state index contributed by atoms with van der Waals surface area (Å²) in [5.74, 6) is 1.31. The molecule has 3 rings (SSSR count). The molecule has 0 saturated heterocycles. The van der Waals surface area contributed by atoms with E-state index in [0.717, 1.165) is 24.8 Å². The third-order valence-corrected chi connectivity index (χ3v) is 3.58. The Labute approximate surface area is 143 Å². The predicted molar refractivity (Wildman–Crippen MR) is 88.3 cm³/mol. The molecule has 0 amide bonds. The summed E-state index contributed by atoms with van der Waals surface area (Å²) in [4.78, 5) is 18.4. The van der Waals surface area contributed by atoms with Gasteiger partial charge in [-0.05, 0) is 40.6 Å². The number of nitro groups is 1. The van der Waals surface area contributed by atoms with E-state index in [9.17, 15) is 10.1 Å². The van der Waals surface area contributed by atoms with Gasteiger partial charge in [-0.1, -0.05) is 18.5 Å². The number of hydrogen-bond acceptors (Lipinski definition) is 7. The van der Waals surface area contributed by atoms with Crippen molar-refractivity contribution < 1.29 is 14.2 Å². The number of aryl methyl sites for hydroxylation is 2. The zero-order valence-electron chi connectivity index (χ0n) is 13.9. The zero-order valence-corrected chi connectivity index (χ0v) is 13.9. The summed E-state index contributed by atoms with van der Waals surface area (Å²) >= 11 is 0. The highest BCUT2D eigenvalue weighted by Gasteiger charge is 2.22. The summed E-state index contributed by atoms with van der Waals surface area (Å²) in [5.41, 5.74) is 0.776. The monoisotopic (exact) mass is 343 g/mol. The molecule has 0 aliphatic carbocycles. The lowest BCUT2D eigenvalue weighted by Gasteiger charge is -2.05. The maximum absolute atomic E-state index is 11.0. The summed E-state index contributed by atoms with van der Waals surface area (Å²) in [5, 5.41) is 14.9. The summed E-state index contributed by atoms with van der Waals surface area (Å²) < 4.78 is 12.3. The van der Waals surface area contributed by atoms with E-state index in [1.54, 1.807) is 31.3 Å². The van der Waals surface area contributed by atoms with Crippen molar-refractivity contribution in [2.45, 2.75) is 26.2 Å². The Bertz CT molecular complexity index is 869. The van der Waals surface area contributed by atoms with Gasteiger partial charge in [0.25, 0.3) is 0 Å². The number of ether oxygens (including phenoxy) is 1. The average Bonchev–Trinajstić information content (AvgIpc) is 3.21. The van der Waals surface area contributed by atoms with Crippen LogP contribution in [0.25, 0.3) is 11.4 Å². The Morgan fingerprint density at radius 3 is 2.76 bits per heavy atom. The van der Waals surface area contributed by atoms with Gasteiger partial charge in [-0.2, -0.15) is 4.98 Å². The smallest absolute Gasteiger partial charge is 0.427 e. The SMILES string of the molecule is CCCCc1nc(-c2ccc(Oc3c([N+](=O)[O-])ncn3C)cc2)no1. The molecule has 9 nitrogen and oxygen atoms in total. The molecule has 3 aromatic rings. The van der Waals surface area contributed by atoms with Crippen molar-refractivity contribution in [2.24, 2.45) is 7.05 Å². The Hall–Kier alpha value is -3.23. The van der Waals surface area contributed by atoms with Crippen LogP contribution < -0.4 is 4.74 Å². The van der Waals surface area contributed by atoms with E-state index in [2.05, 4.69) is 22.0 Å². The summed E-state index contributed by atoms with van der Waals surface area (Å²) in [6.07, 6.45) is 4.15. The minimum absolute atomic E-state index is 0.0687. The van der Waals surface area contributed by atoms with Crippen LogP contribution in [-0.2, 0) is 13.5 Å². The van der Waals surface area contributed by atoms with E-state index >= 15 is 0 Å². The molecule has 130 valence electrons. The molecule has 0 unspecified atom stereocenters. The first-order chi connectivity index (χ1) is 12.1. The predicted octanol–water partition coefficient (Wildman–Crippen LogP) is 3.51. The fourth-order valence-corrected chi connectivity index (χ4v) is 2.23. The van der Waals surface area contributed by atoms with Gasteiger partial charge in [-0.25, -0.2) is 0 Å². The van der Waals surface area contributed by atoms with Crippen molar-refractivity contribution in [2.75, 3.05) is 0 Å². The van der Waals surface area contributed by atoms with Crippen LogP contribution in [-0.4, -0.2) is 24.6 Å². The van der Waals surface area contributed by atoms with E-state index in [0.29, 0.717) is 17.5 Å². The topological polar surface area (TPSA) is 109 Å². The highest BCUT2D eigenvalue weighted by Crippen LogP contribution is 2.30. The van der Waals surface area contributed by atoms with Gasteiger partial charge in [0.05, 0.1) is 0 Å². The van der Waals surface area contributed by atoms with E-state index < -0.39 is 4.92 Å². The first kappa shape index (κ1) is 16.6. The molecule has 2 heterocycles. The van der Waals surface area contributed by atoms with Crippen LogP contribution in [0.2, 0.25) is 0 Å². The molecule has 0 bridgehead atoms. The Morgan fingerprint density at radius 2 is 2.08 bits per heavy atom. The molecule has 0 saturated carbocycles. The molecular weight excluding hydrogens is 326 g/mol. The Morgan fingerprint density at radius 1 is 1.32 bits per heavy atom. The maximum atomic E-state index is 11.0. The van der Waals surface area contributed by atoms with E-state index in [1.165, 1.54) is 10.9 Å². The molecule has 25 heavy (non-hydrogen) atoms. The summed E-state index contributed by atoms with van der Waals surface area (Å²) in [6, 6.07) is 6.92. The second-order valence-corrected chi connectivity index (χ2v) is 5.48. The van der Waals surface area contributed by atoms with Crippen LogP contribution >= 0.6 is 0 Å². The number of imidazole rings is 1.